The SMILES string of the molecule is Cc1ccc(C)c(CNc2cccnc2C)c1. The highest BCUT2D eigenvalue weighted by Crippen LogP contribution is 2.15. The average molecular weight is 226 g/mol. The monoisotopic (exact) mass is 226 g/mol. The van der Waals surface area contributed by atoms with Crippen LogP contribution in [0.4, 0.5) is 5.69 Å². The van der Waals surface area contributed by atoms with Crippen LogP contribution >= 0.6 is 0 Å². The van der Waals surface area contributed by atoms with Gasteiger partial charge in [0.15, 0.2) is 0 Å². The second kappa shape index (κ2) is 5.00. The summed E-state index contributed by atoms with van der Waals surface area (Å²) in [6.45, 7) is 7.14. The molecule has 0 saturated carbocycles. The lowest BCUT2D eigenvalue weighted by Crippen LogP contribution is -2.03. The minimum atomic E-state index is 0.847. The molecule has 0 saturated heterocycles. The summed E-state index contributed by atoms with van der Waals surface area (Å²) in [7, 11) is 0. The van der Waals surface area contributed by atoms with Crippen molar-refractivity contribution >= 4 is 5.69 Å². The zero-order valence-corrected chi connectivity index (χ0v) is 10.6. The smallest absolute Gasteiger partial charge is 0.0603 e. The first-order valence-electron chi connectivity index (χ1n) is 5.88. The van der Waals surface area contributed by atoms with E-state index in [9.17, 15) is 0 Å². The van der Waals surface area contributed by atoms with Crippen molar-refractivity contribution in [2.45, 2.75) is 27.3 Å². The van der Waals surface area contributed by atoms with Crippen molar-refractivity contribution < 1.29 is 0 Å². The molecule has 0 bridgehead atoms. The van der Waals surface area contributed by atoms with E-state index in [1.165, 1.54) is 16.7 Å². The van der Waals surface area contributed by atoms with E-state index in [4.69, 9.17) is 0 Å². The second-order valence-corrected chi connectivity index (χ2v) is 4.42. The average Bonchev–Trinajstić information content (AvgIpc) is 2.32. The molecule has 0 fully saturated rings. The number of pyridine rings is 1. The van der Waals surface area contributed by atoms with Crippen LogP contribution in [-0.2, 0) is 6.54 Å². The summed E-state index contributed by atoms with van der Waals surface area (Å²) in [5.41, 5.74) is 6.11. The largest absolute Gasteiger partial charge is 0.379 e. The first-order chi connectivity index (χ1) is 8.16. The molecule has 2 aromatic rings. The van der Waals surface area contributed by atoms with Crippen LogP contribution in [0.1, 0.15) is 22.4 Å². The molecule has 1 N–H and O–H groups in total. The maximum absolute atomic E-state index is 4.27. The number of hydrogen-bond acceptors (Lipinski definition) is 2. The fourth-order valence-electron chi connectivity index (χ4n) is 1.85. The van der Waals surface area contributed by atoms with Gasteiger partial charge in [-0.15, -0.1) is 0 Å². The van der Waals surface area contributed by atoms with E-state index < -0.39 is 0 Å². The first-order valence-corrected chi connectivity index (χ1v) is 5.88. The maximum atomic E-state index is 4.27. The van der Waals surface area contributed by atoms with Crippen LogP contribution in [0, 0.1) is 20.8 Å². The van der Waals surface area contributed by atoms with Gasteiger partial charge in [-0.25, -0.2) is 0 Å². The normalized spacial score (nSPS) is 10.3. The van der Waals surface area contributed by atoms with E-state index in [2.05, 4.69) is 48.4 Å². The van der Waals surface area contributed by atoms with Gasteiger partial charge in [0.25, 0.3) is 0 Å². The van der Waals surface area contributed by atoms with Gasteiger partial charge in [0.05, 0.1) is 11.4 Å². The Morgan fingerprint density at radius 1 is 1.12 bits per heavy atom. The van der Waals surface area contributed by atoms with Crippen LogP contribution in [0.2, 0.25) is 0 Å². The molecule has 0 aliphatic carbocycles. The number of aryl methyl sites for hydroxylation is 3. The molecule has 1 aromatic heterocycles. The van der Waals surface area contributed by atoms with Gasteiger partial charge in [0.1, 0.15) is 0 Å². The van der Waals surface area contributed by atoms with Crippen LogP contribution in [0.15, 0.2) is 36.5 Å². The van der Waals surface area contributed by atoms with Crippen molar-refractivity contribution in [1.29, 1.82) is 0 Å². The van der Waals surface area contributed by atoms with Crippen molar-refractivity contribution in [2.24, 2.45) is 0 Å². The van der Waals surface area contributed by atoms with E-state index in [-0.39, 0.29) is 0 Å². The molecule has 1 heterocycles. The van der Waals surface area contributed by atoms with Gasteiger partial charge in [0.2, 0.25) is 0 Å². The minimum Gasteiger partial charge on any atom is -0.379 e. The van der Waals surface area contributed by atoms with Crippen LogP contribution in [-0.4, -0.2) is 4.98 Å². The van der Waals surface area contributed by atoms with E-state index in [1.807, 2.05) is 19.2 Å². The molecular formula is C15H18N2. The van der Waals surface area contributed by atoms with Crippen LogP contribution in [0.25, 0.3) is 0 Å². The lowest BCUT2D eigenvalue weighted by molar-refractivity contribution is 1.08. The predicted octanol–water partition coefficient (Wildman–Crippen LogP) is 3.62. The molecule has 0 spiro atoms. The maximum Gasteiger partial charge on any atom is 0.0603 e. The number of rotatable bonds is 3. The zero-order chi connectivity index (χ0) is 12.3. The standard InChI is InChI=1S/C15H18N2/c1-11-6-7-12(2)14(9-11)10-17-15-5-4-8-16-13(15)3/h4-9,17H,10H2,1-3H3. The van der Waals surface area contributed by atoms with Crippen molar-refractivity contribution in [3.8, 4) is 0 Å². The molecule has 0 amide bonds. The summed E-state index contributed by atoms with van der Waals surface area (Å²) < 4.78 is 0. The van der Waals surface area contributed by atoms with Gasteiger partial charge in [-0.2, -0.15) is 0 Å². The van der Waals surface area contributed by atoms with Crippen LogP contribution < -0.4 is 5.32 Å². The fraction of sp³-hybridized carbons (Fsp3) is 0.267. The number of anilines is 1. The number of aromatic nitrogens is 1. The number of nitrogens with one attached hydrogen (secondary N) is 1. The summed E-state index contributed by atoms with van der Waals surface area (Å²) >= 11 is 0. The molecule has 2 nitrogen and oxygen atoms in total. The molecule has 0 aliphatic heterocycles. The van der Waals surface area contributed by atoms with Crippen molar-refractivity contribution in [1.82, 2.24) is 4.98 Å². The summed E-state index contributed by atoms with van der Waals surface area (Å²) in [5.74, 6) is 0. The Morgan fingerprint density at radius 2 is 1.94 bits per heavy atom. The molecule has 17 heavy (non-hydrogen) atoms. The van der Waals surface area contributed by atoms with E-state index in [0.29, 0.717) is 0 Å². The molecule has 2 heteroatoms. The van der Waals surface area contributed by atoms with Crippen molar-refractivity contribution in [3.63, 3.8) is 0 Å². The Balaban J connectivity index is 2.12. The predicted molar refractivity (Wildman–Crippen MR) is 72.2 cm³/mol. The highest BCUT2D eigenvalue weighted by molar-refractivity contribution is 5.47. The third-order valence-corrected chi connectivity index (χ3v) is 2.98. The molecule has 0 radical (unpaired) electrons. The summed E-state index contributed by atoms with van der Waals surface area (Å²) in [4.78, 5) is 4.27. The highest BCUT2D eigenvalue weighted by atomic mass is 14.9. The summed E-state index contributed by atoms with van der Waals surface area (Å²) in [5, 5.41) is 3.43. The topological polar surface area (TPSA) is 24.9 Å². The number of benzene rings is 1. The third-order valence-electron chi connectivity index (χ3n) is 2.98. The molecule has 0 atom stereocenters. The van der Waals surface area contributed by atoms with Crippen molar-refractivity contribution in [3.05, 3.63) is 58.9 Å². The van der Waals surface area contributed by atoms with Gasteiger partial charge in [-0.3, -0.25) is 4.98 Å². The summed E-state index contributed by atoms with van der Waals surface area (Å²) in [6.07, 6.45) is 1.82. The Bertz CT molecular complexity index is 518. The molecule has 2 rings (SSSR count). The Labute approximate surface area is 103 Å². The molecule has 0 unspecified atom stereocenters. The van der Waals surface area contributed by atoms with Gasteiger partial charge in [-0.1, -0.05) is 23.8 Å². The van der Waals surface area contributed by atoms with Gasteiger partial charge in [-0.05, 0) is 44.0 Å². The lowest BCUT2D eigenvalue weighted by atomic mass is 10.1. The van der Waals surface area contributed by atoms with Gasteiger partial charge < -0.3 is 5.32 Å². The van der Waals surface area contributed by atoms with E-state index in [1.54, 1.807) is 0 Å². The number of nitrogens with zero attached hydrogens (tertiary/aromatic N) is 1. The van der Waals surface area contributed by atoms with Gasteiger partial charge in [0, 0.05) is 12.7 Å². The quantitative estimate of drug-likeness (QED) is 0.864. The molecular weight excluding hydrogens is 208 g/mol. The molecule has 1 aromatic carbocycles. The van der Waals surface area contributed by atoms with E-state index >= 15 is 0 Å². The Morgan fingerprint density at radius 3 is 2.71 bits per heavy atom. The third kappa shape index (κ3) is 2.84. The summed E-state index contributed by atoms with van der Waals surface area (Å²) in [6, 6.07) is 10.6. The minimum absolute atomic E-state index is 0.847. The Hall–Kier alpha value is -1.83. The van der Waals surface area contributed by atoms with Gasteiger partial charge >= 0.3 is 0 Å². The second-order valence-electron chi connectivity index (χ2n) is 4.42. The zero-order valence-electron chi connectivity index (χ0n) is 10.6. The molecule has 0 aliphatic rings. The fourth-order valence-corrected chi connectivity index (χ4v) is 1.85. The number of hydrogen-bond donors (Lipinski definition) is 1. The van der Waals surface area contributed by atoms with E-state index in [0.717, 1.165) is 17.9 Å². The highest BCUT2D eigenvalue weighted by Gasteiger charge is 2.01. The Kier molecular flexibility index (Phi) is 3.43. The van der Waals surface area contributed by atoms with Crippen molar-refractivity contribution in [2.75, 3.05) is 5.32 Å². The first kappa shape index (κ1) is 11.6. The van der Waals surface area contributed by atoms with Crippen LogP contribution in [0.5, 0.6) is 0 Å². The molecule has 88 valence electrons. The lowest BCUT2D eigenvalue weighted by Gasteiger charge is -2.11. The van der Waals surface area contributed by atoms with Crippen LogP contribution in [0.3, 0.4) is 0 Å².